The highest BCUT2D eigenvalue weighted by Gasteiger charge is 2.19. The molecule has 1 amide bonds. The van der Waals surface area contributed by atoms with Crippen LogP contribution in [0.2, 0.25) is 0 Å². The Balaban J connectivity index is 2.19. The van der Waals surface area contributed by atoms with E-state index in [0.717, 1.165) is 17.0 Å². The van der Waals surface area contributed by atoms with Gasteiger partial charge in [0, 0.05) is 11.6 Å². The lowest BCUT2D eigenvalue weighted by Gasteiger charge is -2.12. The molecule has 140 valence electrons. The number of hydrogen-bond donors (Lipinski definition) is 2. The molecule has 3 rings (SSSR count). The predicted octanol–water partition coefficient (Wildman–Crippen LogP) is 2.17. The number of aromatic nitrogens is 2. The molecule has 0 aliphatic rings. The van der Waals surface area contributed by atoms with E-state index >= 15 is 0 Å². The molecule has 0 saturated carbocycles. The minimum absolute atomic E-state index is 0.182. The number of benzene rings is 2. The molecule has 0 radical (unpaired) electrons. The van der Waals surface area contributed by atoms with Crippen molar-refractivity contribution in [1.29, 1.82) is 0 Å². The van der Waals surface area contributed by atoms with Gasteiger partial charge in [0.05, 0.1) is 32.7 Å². The maximum absolute atomic E-state index is 12.0. The summed E-state index contributed by atoms with van der Waals surface area (Å²) in [7, 11) is 4.75. The molecule has 0 atom stereocenters. The van der Waals surface area contributed by atoms with Crippen molar-refractivity contribution in [2.45, 2.75) is 0 Å². The van der Waals surface area contributed by atoms with Crippen LogP contribution in [0.25, 0.3) is 16.9 Å². The van der Waals surface area contributed by atoms with Crippen LogP contribution >= 0.6 is 0 Å². The number of ether oxygens (including phenoxy) is 3. The number of rotatable bonds is 6. The second-order valence-electron chi connectivity index (χ2n) is 5.56. The zero-order valence-electron chi connectivity index (χ0n) is 15.2. The van der Waals surface area contributed by atoms with Gasteiger partial charge in [-0.15, -0.1) is 0 Å². The first-order valence-electron chi connectivity index (χ1n) is 8.09. The topological polar surface area (TPSA) is 101 Å². The summed E-state index contributed by atoms with van der Waals surface area (Å²) in [5.41, 5.74) is 4.45. The van der Waals surface area contributed by atoms with Gasteiger partial charge in [0.1, 0.15) is 17.2 Å². The third kappa shape index (κ3) is 3.56. The number of hydrazine groups is 1. The molecule has 1 heterocycles. The Labute approximate surface area is 156 Å². The van der Waals surface area contributed by atoms with Crippen molar-refractivity contribution in [3.8, 4) is 34.2 Å². The standard InChI is InChI=1S/C19H20N4O4/c1-25-13-6-4-12(5-7-13)23-17(11-16(22-23)19(24)21-20)15-9-8-14(26-2)10-18(15)27-3/h4-11H,20H2,1-3H3,(H,21,24). The third-order valence-electron chi connectivity index (χ3n) is 4.07. The molecule has 0 spiro atoms. The molecule has 0 bridgehead atoms. The fourth-order valence-corrected chi connectivity index (χ4v) is 2.69. The number of carbonyl (C=O) groups excluding carboxylic acids is 1. The lowest BCUT2D eigenvalue weighted by Crippen LogP contribution is -2.30. The summed E-state index contributed by atoms with van der Waals surface area (Å²) in [6, 6.07) is 14.4. The Morgan fingerprint density at radius 3 is 2.22 bits per heavy atom. The molecule has 0 saturated heterocycles. The monoisotopic (exact) mass is 368 g/mol. The van der Waals surface area contributed by atoms with Crippen LogP contribution in [0.4, 0.5) is 0 Å². The molecule has 0 aliphatic heterocycles. The van der Waals surface area contributed by atoms with E-state index in [2.05, 4.69) is 10.5 Å². The second-order valence-corrected chi connectivity index (χ2v) is 5.56. The molecule has 3 N–H and O–H groups in total. The smallest absolute Gasteiger partial charge is 0.285 e. The van der Waals surface area contributed by atoms with Gasteiger partial charge in [-0.2, -0.15) is 5.10 Å². The zero-order valence-corrected chi connectivity index (χ0v) is 15.2. The number of nitrogens with one attached hydrogen (secondary N) is 1. The number of carbonyl (C=O) groups is 1. The molecule has 2 aromatic carbocycles. The van der Waals surface area contributed by atoms with Crippen LogP contribution in [0.3, 0.4) is 0 Å². The molecular formula is C19H20N4O4. The predicted molar refractivity (Wildman–Crippen MR) is 100 cm³/mol. The Morgan fingerprint density at radius 1 is 0.963 bits per heavy atom. The van der Waals surface area contributed by atoms with Crippen LogP contribution in [0.15, 0.2) is 48.5 Å². The number of hydrogen-bond acceptors (Lipinski definition) is 6. The molecule has 0 aliphatic carbocycles. The van der Waals surface area contributed by atoms with E-state index in [-0.39, 0.29) is 5.69 Å². The van der Waals surface area contributed by atoms with Crippen molar-refractivity contribution < 1.29 is 19.0 Å². The highest BCUT2D eigenvalue weighted by Crippen LogP contribution is 2.35. The van der Waals surface area contributed by atoms with Crippen molar-refractivity contribution in [1.82, 2.24) is 15.2 Å². The summed E-state index contributed by atoms with van der Waals surface area (Å²) in [5.74, 6) is 6.74. The van der Waals surface area contributed by atoms with Gasteiger partial charge < -0.3 is 14.2 Å². The van der Waals surface area contributed by atoms with Gasteiger partial charge in [-0.3, -0.25) is 10.2 Å². The summed E-state index contributed by atoms with van der Waals surface area (Å²) >= 11 is 0. The highest BCUT2D eigenvalue weighted by atomic mass is 16.5. The fourth-order valence-electron chi connectivity index (χ4n) is 2.69. The number of methoxy groups -OCH3 is 3. The van der Waals surface area contributed by atoms with Crippen molar-refractivity contribution in [2.24, 2.45) is 5.84 Å². The Kier molecular flexibility index (Phi) is 5.28. The summed E-state index contributed by atoms with van der Waals surface area (Å²) < 4.78 is 17.6. The summed E-state index contributed by atoms with van der Waals surface area (Å²) in [6.45, 7) is 0. The van der Waals surface area contributed by atoms with Crippen molar-refractivity contribution in [3.05, 3.63) is 54.2 Å². The van der Waals surface area contributed by atoms with E-state index in [1.807, 2.05) is 36.4 Å². The number of nitrogen functional groups attached to an aromatic ring is 1. The van der Waals surface area contributed by atoms with Gasteiger partial charge in [-0.05, 0) is 42.5 Å². The maximum Gasteiger partial charge on any atom is 0.285 e. The van der Waals surface area contributed by atoms with Crippen LogP contribution in [0, 0.1) is 0 Å². The molecule has 8 heteroatoms. The van der Waals surface area contributed by atoms with Crippen LogP contribution < -0.4 is 25.5 Å². The molecule has 0 fully saturated rings. The third-order valence-corrected chi connectivity index (χ3v) is 4.07. The van der Waals surface area contributed by atoms with Crippen LogP contribution in [-0.4, -0.2) is 37.0 Å². The van der Waals surface area contributed by atoms with Gasteiger partial charge >= 0.3 is 0 Å². The van der Waals surface area contributed by atoms with Crippen LogP contribution in [0.1, 0.15) is 10.5 Å². The van der Waals surface area contributed by atoms with Crippen molar-refractivity contribution in [3.63, 3.8) is 0 Å². The first-order chi connectivity index (χ1) is 13.1. The van der Waals surface area contributed by atoms with Gasteiger partial charge in [0.25, 0.3) is 5.91 Å². The average Bonchev–Trinajstić information content (AvgIpc) is 3.17. The number of nitrogens with zero attached hydrogens (tertiary/aromatic N) is 2. The molecule has 1 aromatic heterocycles. The first kappa shape index (κ1) is 18.3. The SMILES string of the molecule is COc1ccc(-n2nc(C(=O)NN)cc2-c2ccc(OC)cc2OC)cc1. The van der Waals surface area contributed by atoms with Gasteiger partial charge in [0.15, 0.2) is 5.69 Å². The highest BCUT2D eigenvalue weighted by molar-refractivity contribution is 5.93. The van der Waals surface area contributed by atoms with Crippen molar-refractivity contribution >= 4 is 5.91 Å². The maximum atomic E-state index is 12.0. The zero-order chi connectivity index (χ0) is 19.4. The lowest BCUT2D eigenvalue weighted by molar-refractivity contribution is 0.0948. The normalized spacial score (nSPS) is 10.4. The lowest BCUT2D eigenvalue weighted by atomic mass is 10.1. The van der Waals surface area contributed by atoms with Gasteiger partial charge in [0.2, 0.25) is 0 Å². The first-order valence-corrected chi connectivity index (χ1v) is 8.09. The van der Waals surface area contributed by atoms with E-state index in [9.17, 15) is 4.79 Å². The van der Waals surface area contributed by atoms with Crippen LogP contribution in [0.5, 0.6) is 17.2 Å². The summed E-state index contributed by atoms with van der Waals surface area (Å²) in [6.07, 6.45) is 0. The quantitative estimate of drug-likeness (QED) is 0.393. The van der Waals surface area contributed by atoms with E-state index < -0.39 is 5.91 Å². The molecular weight excluding hydrogens is 348 g/mol. The van der Waals surface area contributed by atoms with E-state index in [1.165, 1.54) is 0 Å². The van der Waals surface area contributed by atoms with Crippen LogP contribution in [-0.2, 0) is 0 Å². The summed E-state index contributed by atoms with van der Waals surface area (Å²) in [4.78, 5) is 12.0. The average molecular weight is 368 g/mol. The van der Waals surface area contributed by atoms with Crippen molar-refractivity contribution in [2.75, 3.05) is 21.3 Å². The largest absolute Gasteiger partial charge is 0.497 e. The Morgan fingerprint density at radius 2 is 1.63 bits per heavy atom. The molecule has 0 unspecified atom stereocenters. The van der Waals surface area contributed by atoms with Gasteiger partial charge in [-0.1, -0.05) is 0 Å². The minimum atomic E-state index is -0.490. The summed E-state index contributed by atoms with van der Waals surface area (Å²) in [5, 5.41) is 4.40. The van der Waals surface area contributed by atoms with E-state index in [4.69, 9.17) is 20.1 Å². The Hall–Kier alpha value is -3.52. The Bertz CT molecular complexity index is 951. The number of nitrogens with two attached hydrogens (primary N) is 1. The minimum Gasteiger partial charge on any atom is -0.497 e. The molecule has 27 heavy (non-hydrogen) atoms. The van der Waals surface area contributed by atoms with E-state index in [1.54, 1.807) is 38.1 Å². The molecule has 3 aromatic rings. The second kappa shape index (κ2) is 7.79. The van der Waals surface area contributed by atoms with Gasteiger partial charge in [-0.25, -0.2) is 10.5 Å². The molecule has 8 nitrogen and oxygen atoms in total. The number of amides is 1. The fraction of sp³-hybridized carbons (Fsp3) is 0.158. The van der Waals surface area contributed by atoms with E-state index in [0.29, 0.717) is 17.2 Å².